The molecule has 0 atom stereocenters. The molecule has 1 amide bonds. The molecule has 1 N–H and O–H groups in total. The second-order valence-electron chi connectivity index (χ2n) is 3.36. The molecule has 86 valence electrons. The third kappa shape index (κ3) is 2.10. The molecule has 0 saturated heterocycles. The van der Waals surface area contributed by atoms with Crippen LogP contribution in [0.3, 0.4) is 0 Å². The van der Waals surface area contributed by atoms with Gasteiger partial charge in [-0.3, -0.25) is 4.79 Å². The Morgan fingerprint density at radius 2 is 2.06 bits per heavy atom. The molecular formula is C10H8F3NO2. The first-order valence-electron chi connectivity index (χ1n) is 4.61. The zero-order valence-electron chi connectivity index (χ0n) is 8.10. The third-order valence-electron chi connectivity index (χ3n) is 2.17. The van der Waals surface area contributed by atoms with Crippen LogP contribution in [0.4, 0.5) is 18.9 Å². The lowest BCUT2D eigenvalue weighted by Crippen LogP contribution is -2.10. The average Bonchev–Trinajstić information content (AvgIpc) is 2.35. The number of halogens is 3. The van der Waals surface area contributed by atoms with E-state index in [1.165, 1.54) is 6.07 Å². The fourth-order valence-corrected chi connectivity index (χ4v) is 1.39. The highest BCUT2D eigenvalue weighted by Gasteiger charge is 2.31. The summed E-state index contributed by atoms with van der Waals surface area (Å²) in [6.07, 6.45) is -4.27. The number of rotatable bonds is 0. The lowest BCUT2D eigenvalue weighted by molar-refractivity contribution is -0.137. The van der Waals surface area contributed by atoms with Crippen molar-refractivity contribution in [1.29, 1.82) is 0 Å². The van der Waals surface area contributed by atoms with Crippen molar-refractivity contribution in [1.82, 2.24) is 0 Å². The van der Waals surface area contributed by atoms with Crippen LogP contribution in [-0.2, 0) is 11.0 Å². The number of carbonyl (C=O) groups is 1. The first-order valence-corrected chi connectivity index (χ1v) is 4.61. The van der Waals surface area contributed by atoms with Gasteiger partial charge in [0.05, 0.1) is 24.3 Å². The average molecular weight is 231 g/mol. The Bertz CT molecular complexity index is 429. The Morgan fingerprint density at radius 1 is 1.31 bits per heavy atom. The molecule has 2 rings (SSSR count). The summed E-state index contributed by atoms with van der Waals surface area (Å²) in [5, 5.41) is 2.47. The molecule has 1 aromatic carbocycles. The quantitative estimate of drug-likeness (QED) is 0.744. The van der Waals surface area contributed by atoms with Crippen molar-refractivity contribution < 1.29 is 22.7 Å². The van der Waals surface area contributed by atoms with Crippen LogP contribution in [0.5, 0.6) is 5.75 Å². The van der Waals surface area contributed by atoms with Gasteiger partial charge in [0.25, 0.3) is 0 Å². The number of alkyl halides is 3. The predicted octanol–water partition coefficient (Wildman–Crippen LogP) is 2.43. The molecule has 1 aromatic rings. The lowest BCUT2D eigenvalue weighted by atomic mass is 10.2. The van der Waals surface area contributed by atoms with Gasteiger partial charge >= 0.3 is 6.18 Å². The van der Waals surface area contributed by atoms with Crippen LogP contribution in [0.15, 0.2) is 18.2 Å². The van der Waals surface area contributed by atoms with Crippen LogP contribution < -0.4 is 10.1 Å². The van der Waals surface area contributed by atoms with E-state index in [0.717, 1.165) is 12.1 Å². The van der Waals surface area contributed by atoms with Crippen LogP contribution in [0.1, 0.15) is 12.0 Å². The SMILES string of the molecule is O=C1CCOc2cc(C(F)(F)F)ccc2N1. The number of hydrogen-bond donors (Lipinski definition) is 1. The number of benzene rings is 1. The van der Waals surface area contributed by atoms with Gasteiger partial charge in [-0.1, -0.05) is 0 Å². The maximum Gasteiger partial charge on any atom is 0.416 e. The molecule has 0 saturated carbocycles. The van der Waals surface area contributed by atoms with E-state index in [1.807, 2.05) is 0 Å². The van der Waals surface area contributed by atoms with Gasteiger partial charge in [0.1, 0.15) is 5.75 Å². The normalized spacial score (nSPS) is 15.8. The maximum atomic E-state index is 12.4. The molecule has 0 aliphatic carbocycles. The van der Waals surface area contributed by atoms with Crippen molar-refractivity contribution >= 4 is 11.6 Å². The fourth-order valence-electron chi connectivity index (χ4n) is 1.39. The summed E-state index contributed by atoms with van der Waals surface area (Å²) in [5.74, 6) is -0.209. The number of hydrogen-bond acceptors (Lipinski definition) is 2. The Morgan fingerprint density at radius 3 is 2.75 bits per heavy atom. The van der Waals surface area contributed by atoms with Gasteiger partial charge in [-0.2, -0.15) is 13.2 Å². The van der Waals surface area contributed by atoms with E-state index in [9.17, 15) is 18.0 Å². The van der Waals surface area contributed by atoms with E-state index in [1.54, 1.807) is 0 Å². The number of anilines is 1. The van der Waals surface area contributed by atoms with Crippen molar-refractivity contribution in [2.75, 3.05) is 11.9 Å². The van der Waals surface area contributed by atoms with Gasteiger partial charge in [-0.25, -0.2) is 0 Å². The highest BCUT2D eigenvalue weighted by Crippen LogP contribution is 2.35. The summed E-state index contributed by atoms with van der Waals surface area (Å²) < 4.78 is 42.3. The van der Waals surface area contributed by atoms with Gasteiger partial charge in [0, 0.05) is 0 Å². The number of amides is 1. The number of nitrogens with one attached hydrogen (secondary N) is 1. The van der Waals surface area contributed by atoms with Crippen molar-refractivity contribution in [3.05, 3.63) is 23.8 Å². The Kier molecular flexibility index (Phi) is 2.49. The lowest BCUT2D eigenvalue weighted by Gasteiger charge is -2.11. The topological polar surface area (TPSA) is 38.3 Å². The summed E-state index contributed by atoms with van der Waals surface area (Å²) >= 11 is 0. The molecule has 1 aliphatic rings. The Labute approximate surface area is 89.2 Å². The van der Waals surface area contributed by atoms with Crippen LogP contribution in [0.2, 0.25) is 0 Å². The summed E-state index contributed by atoms with van der Waals surface area (Å²) in [4.78, 5) is 11.1. The van der Waals surface area contributed by atoms with E-state index >= 15 is 0 Å². The summed E-state index contributed by atoms with van der Waals surface area (Å²) in [6.45, 7) is 0.0835. The van der Waals surface area contributed by atoms with E-state index in [2.05, 4.69) is 5.32 Å². The molecule has 6 heteroatoms. The van der Waals surface area contributed by atoms with Crippen LogP contribution >= 0.6 is 0 Å². The minimum atomic E-state index is -4.41. The molecule has 0 unspecified atom stereocenters. The molecule has 0 aromatic heterocycles. The standard InChI is InChI=1S/C10H8F3NO2/c11-10(12,13)6-1-2-7-8(5-6)16-4-3-9(15)14-7/h1-2,5H,3-4H2,(H,14,15). The number of fused-ring (bicyclic) bond motifs is 1. The van der Waals surface area contributed by atoms with Gasteiger partial charge in [0.2, 0.25) is 5.91 Å². The van der Waals surface area contributed by atoms with Crippen molar-refractivity contribution in [3.8, 4) is 5.75 Å². The summed E-state index contributed by atoms with van der Waals surface area (Å²) in [5.41, 5.74) is -0.516. The van der Waals surface area contributed by atoms with Gasteiger partial charge in [-0.15, -0.1) is 0 Å². The van der Waals surface area contributed by atoms with Crippen LogP contribution in [0.25, 0.3) is 0 Å². The van der Waals surface area contributed by atoms with Crippen molar-refractivity contribution in [2.45, 2.75) is 12.6 Å². The molecular weight excluding hydrogens is 223 g/mol. The molecule has 3 nitrogen and oxygen atoms in total. The zero-order chi connectivity index (χ0) is 11.8. The first kappa shape index (κ1) is 10.8. The minimum Gasteiger partial charge on any atom is -0.491 e. The van der Waals surface area contributed by atoms with E-state index in [4.69, 9.17) is 4.74 Å². The van der Waals surface area contributed by atoms with Crippen LogP contribution in [0, 0.1) is 0 Å². The predicted molar refractivity (Wildman–Crippen MR) is 50.2 cm³/mol. The number of ether oxygens (including phenoxy) is 1. The van der Waals surface area contributed by atoms with E-state index < -0.39 is 11.7 Å². The molecule has 1 heterocycles. The first-order chi connectivity index (χ1) is 7.47. The van der Waals surface area contributed by atoms with E-state index in [-0.39, 0.29) is 30.4 Å². The second-order valence-corrected chi connectivity index (χ2v) is 3.36. The Hall–Kier alpha value is -1.72. The molecule has 16 heavy (non-hydrogen) atoms. The summed E-state index contributed by atoms with van der Waals surface area (Å²) in [6, 6.07) is 3.00. The Balaban J connectivity index is 2.39. The number of carbonyl (C=O) groups excluding carboxylic acids is 1. The zero-order valence-corrected chi connectivity index (χ0v) is 8.10. The van der Waals surface area contributed by atoms with Gasteiger partial charge in [0.15, 0.2) is 0 Å². The van der Waals surface area contributed by atoms with Crippen molar-refractivity contribution in [3.63, 3.8) is 0 Å². The monoisotopic (exact) mass is 231 g/mol. The van der Waals surface area contributed by atoms with Crippen molar-refractivity contribution in [2.24, 2.45) is 0 Å². The third-order valence-corrected chi connectivity index (χ3v) is 2.17. The minimum absolute atomic E-state index is 0.0562. The second kappa shape index (κ2) is 3.70. The van der Waals surface area contributed by atoms with Crippen LogP contribution in [-0.4, -0.2) is 12.5 Å². The fraction of sp³-hybridized carbons (Fsp3) is 0.300. The van der Waals surface area contributed by atoms with E-state index in [0.29, 0.717) is 0 Å². The smallest absolute Gasteiger partial charge is 0.416 e. The molecule has 0 bridgehead atoms. The molecule has 0 fully saturated rings. The molecule has 1 aliphatic heterocycles. The summed E-state index contributed by atoms with van der Waals surface area (Å²) in [7, 11) is 0. The highest BCUT2D eigenvalue weighted by atomic mass is 19.4. The van der Waals surface area contributed by atoms with Gasteiger partial charge < -0.3 is 10.1 Å². The highest BCUT2D eigenvalue weighted by molar-refractivity contribution is 5.93. The largest absolute Gasteiger partial charge is 0.491 e. The molecule has 0 spiro atoms. The maximum absolute atomic E-state index is 12.4. The van der Waals surface area contributed by atoms with Gasteiger partial charge in [-0.05, 0) is 18.2 Å². The molecule has 0 radical (unpaired) electrons.